The van der Waals surface area contributed by atoms with Crippen molar-refractivity contribution < 1.29 is 5.11 Å². The van der Waals surface area contributed by atoms with E-state index < -0.39 is 0 Å². The van der Waals surface area contributed by atoms with Crippen molar-refractivity contribution in [1.82, 2.24) is 5.32 Å². The van der Waals surface area contributed by atoms with Gasteiger partial charge in [-0.3, -0.25) is 0 Å². The Labute approximate surface area is 104 Å². The van der Waals surface area contributed by atoms with Crippen molar-refractivity contribution in [2.45, 2.75) is 44.8 Å². The van der Waals surface area contributed by atoms with Crippen LogP contribution in [0.2, 0.25) is 0 Å². The maximum absolute atomic E-state index is 9.81. The van der Waals surface area contributed by atoms with E-state index in [0.717, 1.165) is 19.4 Å². The van der Waals surface area contributed by atoms with Crippen LogP contribution in [0.1, 0.15) is 44.2 Å². The highest BCUT2D eigenvalue weighted by molar-refractivity contribution is 5.18. The molecule has 94 valence electrons. The molecule has 0 aromatic heterocycles. The Balaban J connectivity index is 1.88. The van der Waals surface area contributed by atoms with Crippen LogP contribution in [0.5, 0.6) is 0 Å². The van der Waals surface area contributed by atoms with E-state index in [2.05, 4.69) is 42.6 Å². The van der Waals surface area contributed by atoms with Crippen molar-refractivity contribution in [3.8, 4) is 0 Å². The third-order valence-corrected chi connectivity index (χ3v) is 3.86. The first-order valence-corrected chi connectivity index (χ1v) is 6.77. The molecule has 0 spiro atoms. The summed E-state index contributed by atoms with van der Waals surface area (Å²) in [6.45, 7) is 3.14. The third kappa shape index (κ3) is 3.30. The summed E-state index contributed by atoms with van der Waals surface area (Å²) in [4.78, 5) is 0. The van der Waals surface area contributed by atoms with Gasteiger partial charge in [-0.25, -0.2) is 0 Å². The molecule has 0 saturated heterocycles. The summed E-state index contributed by atoms with van der Waals surface area (Å²) in [5.41, 5.74) is 1.35. The van der Waals surface area contributed by atoms with Crippen LogP contribution in [0.25, 0.3) is 0 Å². The second-order valence-corrected chi connectivity index (χ2v) is 5.04. The fourth-order valence-electron chi connectivity index (χ4n) is 2.73. The molecule has 0 heterocycles. The van der Waals surface area contributed by atoms with Crippen molar-refractivity contribution in [3.63, 3.8) is 0 Å². The average Bonchev–Trinajstić information content (AvgIpc) is 2.77. The Morgan fingerprint density at radius 2 is 2.06 bits per heavy atom. The predicted molar refractivity (Wildman–Crippen MR) is 70.8 cm³/mol. The van der Waals surface area contributed by atoms with E-state index in [0.29, 0.717) is 12.0 Å². The fraction of sp³-hybridized carbons (Fsp3) is 0.600. The minimum Gasteiger partial charge on any atom is -0.393 e. The van der Waals surface area contributed by atoms with Crippen LogP contribution in [0, 0.1) is 5.92 Å². The Hall–Kier alpha value is -0.860. The number of benzene rings is 1. The lowest BCUT2D eigenvalue weighted by molar-refractivity contribution is 0.129. The highest BCUT2D eigenvalue weighted by Crippen LogP contribution is 2.26. The number of nitrogens with one attached hydrogen (secondary N) is 1. The molecule has 0 amide bonds. The molecule has 2 N–H and O–H groups in total. The average molecular weight is 233 g/mol. The topological polar surface area (TPSA) is 32.3 Å². The minimum absolute atomic E-state index is 0.0872. The first-order chi connectivity index (χ1) is 8.31. The Morgan fingerprint density at radius 3 is 2.65 bits per heavy atom. The first kappa shape index (κ1) is 12.6. The monoisotopic (exact) mass is 233 g/mol. The largest absolute Gasteiger partial charge is 0.393 e. The summed E-state index contributed by atoms with van der Waals surface area (Å²) in [5.74, 6) is 0.452. The van der Waals surface area contributed by atoms with Crippen LogP contribution >= 0.6 is 0 Å². The highest BCUT2D eigenvalue weighted by Gasteiger charge is 2.25. The van der Waals surface area contributed by atoms with E-state index >= 15 is 0 Å². The normalized spacial score (nSPS) is 26.0. The zero-order valence-electron chi connectivity index (χ0n) is 10.6. The molecule has 1 fully saturated rings. The maximum atomic E-state index is 9.81. The van der Waals surface area contributed by atoms with Gasteiger partial charge in [0, 0.05) is 12.6 Å². The molecular weight excluding hydrogens is 210 g/mol. The lowest BCUT2D eigenvalue weighted by Gasteiger charge is -2.21. The molecule has 17 heavy (non-hydrogen) atoms. The van der Waals surface area contributed by atoms with Crippen LogP contribution in [-0.2, 0) is 0 Å². The molecule has 3 atom stereocenters. The summed E-state index contributed by atoms with van der Waals surface area (Å²) in [7, 11) is 0. The molecule has 3 unspecified atom stereocenters. The van der Waals surface area contributed by atoms with Gasteiger partial charge in [0.1, 0.15) is 0 Å². The van der Waals surface area contributed by atoms with E-state index in [9.17, 15) is 5.11 Å². The number of hydrogen-bond acceptors (Lipinski definition) is 2. The summed E-state index contributed by atoms with van der Waals surface area (Å²) < 4.78 is 0. The molecule has 1 aliphatic rings. The Kier molecular flexibility index (Phi) is 4.57. The zero-order chi connectivity index (χ0) is 12.1. The van der Waals surface area contributed by atoms with Crippen LogP contribution in [0.15, 0.2) is 30.3 Å². The van der Waals surface area contributed by atoms with Gasteiger partial charge in [-0.15, -0.1) is 0 Å². The molecule has 0 aliphatic heterocycles. The second-order valence-electron chi connectivity index (χ2n) is 5.04. The van der Waals surface area contributed by atoms with Gasteiger partial charge in [-0.1, -0.05) is 43.7 Å². The van der Waals surface area contributed by atoms with Gasteiger partial charge in [0.05, 0.1) is 6.10 Å². The lowest BCUT2D eigenvalue weighted by Crippen LogP contribution is -2.30. The van der Waals surface area contributed by atoms with E-state index in [1.54, 1.807) is 0 Å². The van der Waals surface area contributed by atoms with Crippen LogP contribution in [-0.4, -0.2) is 17.8 Å². The highest BCUT2D eigenvalue weighted by atomic mass is 16.3. The van der Waals surface area contributed by atoms with Crippen LogP contribution in [0.4, 0.5) is 0 Å². The Bertz CT molecular complexity index is 325. The Morgan fingerprint density at radius 1 is 1.29 bits per heavy atom. The summed E-state index contributed by atoms with van der Waals surface area (Å²) in [5, 5.41) is 13.4. The van der Waals surface area contributed by atoms with Crippen LogP contribution in [0.3, 0.4) is 0 Å². The molecule has 0 bridgehead atoms. The SMILES string of the molecule is CCC(NCC1CCCC1O)c1ccccc1. The maximum Gasteiger partial charge on any atom is 0.0580 e. The standard InChI is InChI=1S/C15H23NO/c1-2-14(12-7-4-3-5-8-12)16-11-13-9-6-10-15(13)17/h3-5,7-8,13-17H,2,6,9-11H2,1H3. The molecule has 2 nitrogen and oxygen atoms in total. The van der Waals surface area contributed by atoms with E-state index in [1.807, 2.05) is 0 Å². The van der Waals surface area contributed by atoms with Gasteiger partial charge in [-0.2, -0.15) is 0 Å². The van der Waals surface area contributed by atoms with Crippen molar-refractivity contribution in [2.24, 2.45) is 5.92 Å². The van der Waals surface area contributed by atoms with E-state index in [4.69, 9.17) is 0 Å². The zero-order valence-corrected chi connectivity index (χ0v) is 10.6. The first-order valence-electron chi connectivity index (χ1n) is 6.77. The third-order valence-electron chi connectivity index (χ3n) is 3.86. The van der Waals surface area contributed by atoms with Gasteiger partial charge >= 0.3 is 0 Å². The predicted octanol–water partition coefficient (Wildman–Crippen LogP) is 2.89. The summed E-state index contributed by atoms with van der Waals surface area (Å²) >= 11 is 0. The van der Waals surface area contributed by atoms with Crippen molar-refractivity contribution in [1.29, 1.82) is 0 Å². The minimum atomic E-state index is -0.0872. The number of aliphatic hydroxyl groups is 1. The summed E-state index contributed by atoms with van der Waals surface area (Å²) in [6, 6.07) is 11.0. The quantitative estimate of drug-likeness (QED) is 0.819. The molecule has 0 radical (unpaired) electrons. The lowest BCUT2D eigenvalue weighted by atomic mass is 10.0. The molecule has 1 saturated carbocycles. The van der Waals surface area contributed by atoms with Crippen molar-refractivity contribution in [2.75, 3.05) is 6.54 Å². The number of hydrogen-bond donors (Lipinski definition) is 2. The fourth-order valence-corrected chi connectivity index (χ4v) is 2.73. The van der Waals surface area contributed by atoms with Crippen molar-refractivity contribution >= 4 is 0 Å². The van der Waals surface area contributed by atoms with Crippen LogP contribution < -0.4 is 5.32 Å². The van der Waals surface area contributed by atoms with E-state index in [1.165, 1.54) is 18.4 Å². The van der Waals surface area contributed by atoms with Gasteiger partial charge in [0.15, 0.2) is 0 Å². The van der Waals surface area contributed by atoms with Gasteiger partial charge in [-0.05, 0) is 30.7 Å². The number of rotatable bonds is 5. The summed E-state index contributed by atoms with van der Waals surface area (Å²) in [6.07, 6.45) is 4.33. The molecule has 1 aromatic carbocycles. The molecular formula is C15H23NO. The van der Waals surface area contributed by atoms with Crippen molar-refractivity contribution in [3.05, 3.63) is 35.9 Å². The smallest absolute Gasteiger partial charge is 0.0580 e. The van der Waals surface area contributed by atoms with Gasteiger partial charge in [0.2, 0.25) is 0 Å². The van der Waals surface area contributed by atoms with E-state index in [-0.39, 0.29) is 6.10 Å². The molecule has 2 heteroatoms. The molecule has 1 aliphatic carbocycles. The molecule has 1 aromatic rings. The van der Waals surface area contributed by atoms with Gasteiger partial charge in [0.25, 0.3) is 0 Å². The molecule has 2 rings (SSSR count). The van der Waals surface area contributed by atoms with Gasteiger partial charge < -0.3 is 10.4 Å². The number of aliphatic hydroxyl groups excluding tert-OH is 1. The second kappa shape index (κ2) is 6.18.